The summed E-state index contributed by atoms with van der Waals surface area (Å²) in [5, 5.41) is 7.91. The Labute approximate surface area is 134 Å². The quantitative estimate of drug-likeness (QED) is 0.921. The van der Waals surface area contributed by atoms with Gasteiger partial charge in [0, 0.05) is 13.1 Å². The van der Waals surface area contributed by atoms with E-state index in [1.54, 1.807) is 27.9 Å². The average Bonchev–Trinajstić information content (AvgIpc) is 3.14. The number of nitrogens with two attached hydrogens (primary N) is 1. The first-order valence-corrected chi connectivity index (χ1v) is 7.63. The van der Waals surface area contributed by atoms with Crippen molar-refractivity contribution in [2.75, 3.05) is 19.6 Å². The van der Waals surface area contributed by atoms with Crippen molar-refractivity contribution in [3.05, 3.63) is 47.5 Å². The van der Waals surface area contributed by atoms with Crippen molar-refractivity contribution in [1.82, 2.24) is 19.9 Å². The van der Waals surface area contributed by atoms with E-state index >= 15 is 0 Å². The maximum Gasteiger partial charge on any atom is 0.276 e. The van der Waals surface area contributed by atoms with E-state index in [2.05, 4.69) is 17.2 Å². The minimum absolute atomic E-state index is 0.0206. The van der Waals surface area contributed by atoms with Crippen LogP contribution in [-0.4, -0.2) is 45.4 Å². The molecule has 1 aromatic heterocycles. The Bertz CT molecular complexity index is 716. The van der Waals surface area contributed by atoms with E-state index in [1.165, 1.54) is 12.1 Å². The molecule has 23 heavy (non-hydrogen) atoms. The molecule has 1 atom stereocenters. The fourth-order valence-corrected chi connectivity index (χ4v) is 2.82. The number of benzene rings is 1. The van der Waals surface area contributed by atoms with Crippen LogP contribution in [0.5, 0.6) is 0 Å². The fraction of sp³-hybridized carbons (Fsp3) is 0.438. The Kier molecular flexibility index (Phi) is 4.12. The zero-order valence-corrected chi connectivity index (χ0v) is 13.1. The van der Waals surface area contributed by atoms with Gasteiger partial charge in [0.1, 0.15) is 5.82 Å². The lowest BCUT2D eigenvalue weighted by Gasteiger charge is -2.21. The van der Waals surface area contributed by atoms with Crippen molar-refractivity contribution < 1.29 is 9.18 Å². The second-order valence-corrected chi connectivity index (χ2v) is 6.42. The van der Waals surface area contributed by atoms with E-state index < -0.39 is 0 Å². The molecule has 2 N–H and O–H groups in total. The molecule has 0 radical (unpaired) electrons. The standard InChI is InChI=1S/C16H20FN5O/c1-16(10-18)5-6-21(11-16)15(23)14-9-22(20-19-14)8-12-3-2-4-13(17)7-12/h2-4,7,9H,5-6,8,10-11,18H2,1H3. The van der Waals surface area contributed by atoms with Gasteiger partial charge in [0.15, 0.2) is 5.69 Å². The smallest absolute Gasteiger partial charge is 0.276 e. The van der Waals surface area contributed by atoms with Crippen molar-refractivity contribution in [3.63, 3.8) is 0 Å². The number of rotatable bonds is 4. The normalized spacial score (nSPS) is 20.9. The lowest BCUT2D eigenvalue weighted by atomic mass is 9.90. The van der Waals surface area contributed by atoms with E-state index in [4.69, 9.17) is 5.73 Å². The summed E-state index contributed by atoms with van der Waals surface area (Å²) in [6.45, 7) is 4.34. The summed E-state index contributed by atoms with van der Waals surface area (Å²) in [6.07, 6.45) is 2.50. The lowest BCUT2D eigenvalue weighted by Crippen LogP contribution is -2.34. The van der Waals surface area contributed by atoms with Gasteiger partial charge in [0.2, 0.25) is 0 Å². The van der Waals surface area contributed by atoms with Crippen LogP contribution >= 0.6 is 0 Å². The number of nitrogens with zero attached hydrogens (tertiary/aromatic N) is 4. The van der Waals surface area contributed by atoms with E-state index in [9.17, 15) is 9.18 Å². The second-order valence-electron chi connectivity index (χ2n) is 6.42. The zero-order valence-electron chi connectivity index (χ0n) is 13.1. The monoisotopic (exact) mass is 317 g/mol. The number of likely N-dealkylation sites (tertiary alicyclic amines) is 1. The van der Waals surface area contributed by atoms with Crippen LogP contribution in [0.1, 0.15) is 29.4 Å². The SMILES string of the molecule is CC1(CN)CCN(C(=O)c2cn(Cc3cccc(F)c3)nn2)C1. The Hall–Kier alpha value is -2.28. The molecule has 0 bridgehead atoms. The highest BCUT2D eigenvalue weighted by molar-refractivity contribution is 5.92. The first-order valence-electron chi connectivity index (χ1n) is 7.63. The van der Waals surface area contributed by atoms with Gasteiger partial charge >= 0.3 is 0 Å². The maximum absolute atomic E-state index is 13.2. The first kappa shape index (κ1) is 15.6. The summed E-state index contributed by atoms with van der Waals surface area (Å²) in [6, 6.07) is 6.28. The molecule has 1 fully saturated rings. The van der Waals surface area contributed by atoms with Gasteiger partial charge in [0.25, 0.3) is 5.91 Å². The Balaban J connectivity index is 1.68. The van der Waals surface area contributed by atoms with Gasteiger partial charge in [0.05, 0.1) is 12.7 Å². The number of carbonyl (C=O) groups is 1. The van der Waals surface area contributed by atoms with Gasteiger partial charge in [-0.15, -0.1) is 5.10 Å². The molecule has 1 amide bonds. The third-order valence-corrected chi connectivity index (χ3v) is 4.33. The van der Waals surface area contributed by atoms with Gasteiger partial charge in [-0.3, -0.25) is 4.79 Å². The van der Waals surface area contributed by atoms with Crippen LogP contribution in [0.4, 0.5) is 4.39 Å². The summed E-state index contributed by atoms with van der Waals surface area (Å²) < 4.78 is 14.7. The predicted octanol–water partition coefficient (Wildman–Crippen LogP) is 1.28. The van der Waals surface area contributed by atoms with Gasteiger partial charge in [-0.25, -0.2) is 9.07 Å². The molecule has 1 aromatic carbocycles. The molecule has 7 heteroatoms. The summed E-state index contributed by atoms with van der Waals surface area (Å²) >= 11 is 0. The molecule has 122 valence electrons. The molecule has 1 aliphatic rings. The molecule has 2 aromatic rings. The largest absolute Gasteiger partial charge is 0.337 e. The number of hydrogen-bond acceptors (Lipinski definition) is 4. The minimum Gasteiger partial charge on any atom is -0.337 e. The zero-order chi connectivity index (χ0) is 16.4. The molecular formula is C16H20FN5O. The van der Waals surface area contributed by atoms with Crippen LogP contribution < -0.4 is 5.73 Å². The summed E-state index contributed by atoms with van der Waals surface area (Å²) in [7, 11) is 0. The van der Waals surface area contributed by atoms with E-state index in [0.29, 0.717) is 31.9 Å². The van der Waals surface area contributed by atoms with Crippen molar-refractivity contribution in [2.24, 2.45) is 11.1 Å². The molecule has 0 spiro atoms. The van der Waals surface area contributed by atoms with Gasteiger partial charge in [-0.2, -0.15) is 0 Å². The Morgan fingerprint density at radius 2 is 2.30 bits per heavy atom. The molecule has 2 heterocycles. The van der Waals surface area contributed by atoms with Crippen molar-refractivity contribution >= 4 is 5.91 Å². The van der Waals surface area contributed by atoms with Crippen LogP contribution in [0.3, 0.4) is 0 Å². The van der Waals surface area contributed by atoms with Crippen molar-refractivity contribution in [1.29, 1.82) is 0 Å². The third kappa shape index (κ3) is 3.39. The van der Waals surface area contributed by atoms with Crippen LogP contribution in [0.15, 0.2) is 30.5 Å². The topological polar surface area (TPSA) is 77.0 Å². The van der Waals surface area contributed by atoms with Gasteiger partial charge < -0.3 is 10.6 Å². The van der Waals surface area contributed by atoms with Crippen LogP contribution in [0, 0.1) is 11.2 Å². The summed E-state index contributed by atoms with van der Waals surface area (Å²) in [5.41, 5.74) is 6.83. The maximum atomic E-state index is 13.2. The predicted molar refractivity (Wildman–Crippen MR) is 83.2 cm³/mol. The number of halogens is 1. The highest BCUT2D eigenvalue weighted by atomic mass is 19.1. The Morgan fingerprint density at radius 1 is 1.48 bits per heavy atom. The second kappa shape index (κ2) is 6.08. The van der Waals surface area contributed by atoms with Crippen molar-refractivity contribution in [3.8, 4) is 0 Å². The highest BCUT2D eigenvalue weighted by Gasteiger charge is 2.35. The van der Waals surface area contributed by atoms with Crippen LogP contribution in [0.25, 0.3) is 0 Å². The molecule has 0 aliphatic carbocycles. The fourth-order valence-electron chi connectivity index (χ4n) is 2.82. The number of carbonyl (C=O) groups excluding carboxylic acids is 1. The van der Waals surface area contributed by atoms with E-state index in [-0.39, 0.29) is 17.1 Å². The lowest BCUT2D eigenvalue weighted by molar-refractivity contribution is 0.0771. The highest BCUT2D eigenvalue weighted by Crippen LogP contribution is 2.29. The number of aromatic nitrogens is 3. The molecule has 1 aliphatic heterocycles. The molecule has 6 nitrogen and oxygen atoms in total. The minimum atomic E-state index is -0.294. The number of hydrogen-bond donors (Lipinski definition) is 1. The molecule has 1 unspecified atom stereocenters. The van der Waals surface area contributed by atoms with Crippen LogP contribution in [-0.2, 0) is 6.54 Å². The summed E-state index contributed by atoms with van der Waals surface area (Å²) in [4.78, 5) is 14.2. The van der Waals surface area contributed by atoms with E-state index in [0.717, 1.165) is 12.0 Å². The van der Waals surface area contributed by atoms with Gasteiger partial charge in [-0.05, 0) is 36.1 Å². The third-order valence-electron chi connectivity index (χ3n) is 4.33. The molecule has 1 saturated heterocycles. The van der Waals surface area contributed by atoms with E-state index in [1.807, 2.05) is 0 Å². The molecule has 0 saturated carbocycles. The summed E-state index contributed by atoms with van der Waals surface area (Å²) in [5.74, 6) is -0.426. The molecular weight excluding hydrogens is 297 g/mol. The van der Waals surface area contributed by atoms with Crippen molar-refractivity contribution in [2.45, 2.75) is 19.9 Å². The van der Waals surface area contributed by atoms with Crippen LogP contribution in [0.2, 0.25) is 0 Å². The average molecular weight is 317 g/mol. The molecule has 3 rings (SSSR count). The first-order chi connectivity index (χ1) is 11.0. The number of amides is 1. The van der Waals surface area contributed by atoms with Gasteiger partial charge in [-0.1, -0.05) is 24.3 Å². The Morgan fingerprint density at radius 3 is 3.00 bits per heavy atom.